The Labute approximate surface area is 133 Å². The van der Waals surface area contributed by atoms with Crippen LogP contribution in [0, 0.1) is 0 Å². The lowest BCUT2D eigenvalue weighted by molar-refractivity contribution is -0.459. The molecule has 22 heavy (non-hydrogen) atoms. The van der Waals surface area contributed by atoms with Gasteiger partial charge >= 0.3 is 11.9 Å². The Morgan fingerprint density at radius 2 is 0.727 bits per heavy atom. The zero-order valence-electron chi connectivity index (χ0n) is 13.6. The normalized spacial score (nSPS) is 22.4. The summed E-state index contributed by atoms with van der Waals surface area (Å²) in [7, 11) is 0. The molecular weight excluding hydrogens is 284 g/mol. The molecule has 0 aromatic rings. The molecule has 128 valence electrons. The summed E-state index contributed by atoms with van der Waals surface area (Å²) in [5, 5.41) is 4.24. The van der Waals surface area contributed by atoms with Crippen LogP contribution < -0.4 is 0 Å². The fourth-order valence-electron chi connectivity index (χ4n) is 2.66. The number of carbonyl (C=O) groups excluding carboxylic acids is 2. The average molecular weight is 314 g/mol. The number of rotatable bonds is 0. The van der Waals surface area contributed by atoms with Crippen molar-refractivity contribution in [3.63, 3.8) is 0 Å². The highest BCUT2D eigenvalue weighted by atomic mass is 17.5. The summed E-state index contributed by atoms with van der Waals surface area (Å²) in [5.41, 5.74) is 0. The first-order valence-corrected chi connectivity index (χ1v) is 8.86. The largest absolute Gasteiger partial charge is 0.346 e. The Bertz CT molecular complexity index is 275. The van der Waals surface area contributed by atoms with Crippen LogP contribution >= 0.6 is 0 Å². The van der Waals surface area contributed by atoms with Crippen LogP contribution in [0.3, 0.4) is 0 Å². The standard InChI is InChI=1S/C17H30O5/c18-16-14-12-10-8-6-4-2-1-3-5-7-9-11-13-15-17(19)21-22-20-16/h1-15H2. The van der Waals surface area contributed by atoms with Crippen molar-refractivity contribution in [2.75, 3.05) is 0 Å². The lowest BCUT2D eigenvalue weighted by Gasteiger charge is -2.05. The van der Waals surface area contributed by atoms with Gasteiger partial charge in [0.25, 0.3) is 0 Å². The second-order valence-corrected chi connectivity index (χ2v) is 6.07. The Morgan fingerprint density at radius 1 is 0.455 bits per heavy atom. The van der Waals surface area contributed by atoms with Crippen molar-refractivity contribution in [1.82, 2.24) is 0 Å². The van der Waals surface area contributed by atoms with Crippen molar-refractivity contribution < 1.29 is 24.4 Å². The second-order valence-electron chi connectivity index (χ2n) is 6.07. The third kappa shape index (κ3) is 11.5. The van der Waals surface area contributed by atoms with Gasteiger partial charge in [-0.05, 0) is 12.8 Å². The molecule has 5 nitrogen and oxygen atoms in total. The summed E-state index contributed by atoms with van der Waals surface area (Å²) in [4.78, 5) is 31.5. The molecule has 0 saturated carbocycles. The molecule has 0 N–H and O–H groups in total. The highest BCUT2D eigenvalue weighted by Crippen LogP contribution is 2.14. The van der Waals surface area contributed by atoms with Gasteiger partial charge in [-0.15, -0.1) is 0 Å². The number of hydrogen-bond acceptors (Lipinski definition) is 5. The minimum absolute atomic E-state index is 0.303. The highest BCUT2D eigenvalue weighted by Gasteiger charge is 2.08. The number of hydrogen-bond donors (Lipinski definition) is 0. The summed E-state index contributed by atoms with van der Waals surface area (Å²) in [6.45, 7) is 0. The van der Waals surface area contributed by atoms with Crippen LogP contribution in [0.15, 0.2) is 0 Å². The minimum Gasteiger partial charge on any atom is -0.260 e. The van der Waals surface area contributed by atoms with Crippen LogP contribution in [-0.4, -0.2) is 11.9 Å². The fourth-order valence-corrected chi connectivity index (χ4v) is 2.66. The van der Waals surface area contributed by atoms with E-state index in [9.17, 15) is 9.59 Å². The SMILES string of the molecule is O=C1CCCCCCCCCCCCCCCC(=O)OOO1. The van der Waals surface area contributed by atoms with Gasteiger partial charge in [-0.1, -0.05) is 70.6 Å². The first kappa shape index (κ1) is 18.9. The van der Waals surface area contributed by atoms with Gasteiger partial charge in [-0.3, -0.25) is 9.78 Å². The van der Waals surface area contributed by atoms with Crippen LogP contribution in [0.4, 0.5) is 0 Å². The van der Waals surface area contributed by atoms with E-state index >= 15 is 0 Å². The van der Waals surface area contributed by atoms with Crippen molar-refractivity contribution >= 4 is 11.9 Å². The maximum atomic E-state index is 11.3. The third-order valence-electron chi connectivity index (χ3n) is 4.02. The van der Waals surface area contributed by atoms with Gasteiger partial charge in [0, 0.05) is 17.9 Å². The lowest BCUT2D eigenvalue weighted by atomic mass is 10.0. The van der Waals surface area contributed by atoms with E-state index in [1.54, 1.807) is 0 Å². The van der Waals surface area contributed by atoms with E-state index < -0.39 is 11.9 Å². The van der Waals surface area contributed by atoms with Gasteiger partial charge in [0.1, 0.15) is 0 Å². The molecule has 5 heteroatoms. The maximum Gasteiger partial charge on any atom is 0.346 e. The first-order valence-electron chi connectivity index (χ1n) is 8.86. The Kier molecular flexibility index (Phi) is 11.7. The molecule has 1 aliphatic rings. The molecule has 1 saturated heterocycles. The smallest absolute Gasteiger partial charge is 0.260 e. The molecule has 0 radical (unpaired) electrons. The fraction of sp³-hybridized carbons (Fsp3) is 0.882. The molecule has 0 unspecified atom stereocenters. The summed E-state index contributed by atoms with van der Waals surface area (Å²) in [6.07, 6.45) is 15.6. The van der Waals surface area contributed by atoms with Crippen molar-refractivity contribution in [3.05, 3.63) is 0 Å². The first-order chi connectivity index (χ1) is 10.8. The topological polar surface area (TPSA) is 61.8 Å². The Morgan fingerprint density at radius 3 is 1.05 bits per heavy atom. The quantitative estimate of drug-likeness (QED) is 0.602. The zero-order chi connectivity index (χ0) is 15.9. The molecule has 0 atom stereocenters. The van der Waals surface area contributed by atoms with Crippen LogP contribution in [0.2, 0.25) is 0 Å². The molecule has 0 aromatic carbocycles. The van der Waals surface area contributed by atoms with E-state index in [-0.39, 0.29) is 0 Å². The average Bonchev–Trinajstić information content (AvgIpc) is 2.50. The molecule has 0 aromatic heterocycles. The summed E-state index contributed by atoms with van der Waals surface area (Å²) in [6, 6.07) is 0. The predicted octanol–water partition coefficient (Wildman–Crippen LogP) is 4.78. The van der Waals surface area contributed by atoms with E-state index in [1.165, 1.54) is 44.9 Å². The van der Waals surface area contributed by atoms with Gasteiger partial charge in [0.15, 0.2) is 0 Å². The molecule has 1 fully saturated rings. The number of carbonyl (C=O) groups is 2. The molecule has 1 heterocycles. The second kappa shape index (κ2) is 13.6. The van der Waals surface area contributed by atoms with Crippen LogP contribution in [-0.2, 0) is 24.4 Å². The summed E-state index contributed by atoms with van der Waals surface area (Å²) in [5.74, 6) is -0.968. The van der Waals surface area contributed by atoms with Crippen LogP contribution in [0.1, 0.15) is 96.3 Å². The zero-order valence-corrected chi connectivity index (χ0v) is 13.6. The monoisotopic (exact) mass is 314 g/mol. The molecule has 0 amide bonds. The molecule has 0 spiro atoms. The maximum absolute atomic E-state index is 11.3. The van der Waals surface area contributed by atoms with Crippen LogP contribution in [0.25, 0.3) is 0 Å². The molecule has 0 aliphatic carbocycles. The highest BCUT2D eigenvalue weighted by molar-refractivity contribution is 5.69. The van der Waals surface area contributed by atoms with E-state index in [0.29, 0.717) is 12.8 Å². The van der Waals surface area contributed by atoms with Gasteiger partial charge < -0.3 is 0 Å². The summed E-state index contributed by atoms with van der Waals surface area (Å²) >= 11 is 0. The van der Waals surface area contributed by atoms with E-state index in [1.807, 2.05) is 0 Å². The Hall–Kier alpha value is -1.10. The molecule has 1 aliphatic heterocycles. The van der Waals surface area contributed by atoms with Crippen molar-refractivity contribution in [2.45, 2.75) is 96.3 Å². The van der Waals surface area contributed by atoms with Gasteiger partial charge in [-0.25, -0.2) is 9.59 Å². The van der Waals surface area contributed by atoms with Crippen LogP contribution in [0.5, 0.6) is 0 Å². The molecule has 0 bridgehead atoms. The van der Waals surface area contributed by atoms with E-state index in [0.717, 1.165) is 38.5 Å². The Balaban J connectivity index is 2.19. The lowest BCUT2D eigenvalue weighted by Crippen LogP contribution is -2.10. The van der Waals surface area contributed by atoms with Crippen molar-refractivity contribution in [2.24, 2.45) is 0 Å². The van der Waals surface area contributed by atoms with Crippen molar-refractivity contribution in [3.8, 4) is 0 Å². The minimum atomic E-state index is -0.484. The summed E-state index contributed by atoms with van der Waals surface area (Å²) < 4.78 is 0. The van der Waals surface area contributed by atoms with Gasteiger partial charge in [-0.2, -0.15) is 0 Å². The van der Waals surface area contributed by atoms with E-state index in [2.05, 4.69) is 14.8 Å². The predicted molar refractivity (Wildman–Crippen MR) is 82.5 cm³/mol. The molecular formula is C17H30O5. The third-order valence-corrected chi connectivity index (χ3v) is 4.02. The van der Waals surface area contributed by atoms with E-state index in [4.69, 9.17) is 0 Å². The van der Waals surface area contributed by atoms with Gasteiger partial charge in [0.05, 0.1) is 0 Å². The molecule has 1 rings (SSSR count). The van der Waals surface area contributed by atoms with Gasteiger partial charge in [0.2, 0.25) is 0 Å². The van der Waals surface area contributed by atoms with Crippen molar-refractivity contribution in [1.29, 1.82) is 0 Å².